The lowest BCUT2D eigenvalue weighted by Gasteiger charge is -2.28. The van der Waals surface area contributed by atoms with Gasteiger partial charge in [0.05, 0.1) is 21.7 Å². The fourth-order valence-corrected chi connectivity index (χ4v) is 3.54. The monoisotopic (exact) mass is 395 g/mol. The van der Waals surface area contributed by atoms with Gasteiger partial charge in [-0.2, -0.15) is 10.2 Å². The standard InChI is InChI=1S/C23H17N5O2/c29-28(30)22-16-15-21(19-13-7-8-14-20(19)22)27-25-23(17-9-3-1-4-10-17)24-26(27)18-11-5-2-6-12-18/h1-16H,(H,24,25). The molecule has 0 bridgehead atoms. The highest BCUT2D eigenvalue weighted by Crippen LogP contribution is 2.35. The van der Waals surface area contributed by atoms with Crippen molar-refractivity contribution in [2.75, 3.05) is 10.2 Å². The minimum absolute atomic E-state index is 0.0732. The molecule has 0 radical (unpaired) electrons. The van der Waals surface area contributed by atoms with Gasteiger partial charge < -0.3 is 0 Å². The van der Waals surface area contributed by atoms with Crippen LogP contribution in [0.2, 0.25) is 0 Å². The van der Waals surface area contributed by atoms with Crippen LogP contribution in [-0.2, 0) is 0 Å². The molecule has 0 saturated heterocycles. The van der Waals surface area contributed by atoms with Gasteiger partial charge in [0.1, 0.15) is 0 Å². The Hall–Kier alpha value is -4.39. The van der Waals surface area contributed by atoms with E-state index in [0.717, 1.165) is 22.3 Å². The second-order valence-corrected chi connectivity index (χ2v) is 6.77. The summed E-state index contributed by atoms with van der Waals surface area (Å²) in [4.78, 5) is 11.2. The summed E-state index contributed by atoms with van der Waals surface area (Å²) in [5.41, 5.74) is 5.98. The van der Waals surface area contributed by atoms with Gasteiger partial charge in [0.25, 0.3) is 5.69 Å². The van der Waals surface area contributed by atoms with Gasteiger partial charge in [-0.25, -0.2) is 0 Å². The number of benzene rings is 4. The average molecular weight is 395 g/mol. The molecule has 1 N–H and O–H groups in total. The van der Waals surface area contributed by atoms with Crippen LogP contribution in [0.5, 0.6) is 0 Å². The number of amidine groups is 1. The molecule has 146 valence electrons. The van der Waals surface area contributed by atoms with Crippen LogP contribution in [0.3, 0.4) is 0 Å². The van der Waals surface area contributed by atoms with Crippen LogP contribution >= 0.6 is 0 Å². The average Bonchev–Trinajstić information content (AvgIpc) is 3.24. The molecular formula is C23H17N5O2. The van der Waals surface area contributed by atoms with Crippen LogP contribution in [0.1, 0.15) is 5.56 Å². The number of nitro groups is 1. The van der Waals surface area contributed by atoms with Crippen molar-refractivity contribution in [1.29, 1.82) is 0 Å². The number of nitrogens with one attached hydrogen (secondary N) is 1. The topological polar surface area (TPSA) is 74.0 Å². The maximum Gasteiger partial charge on any atom is 0.277 e. The van der Waals surface area contributed by atoms with Gasteiger partial charge in [-0.1, -0.05) is 66.7 Å². The Kier molecular flexibility index (Phi) is 4.25. The van der Waals surface area contributed by atoms with Crippen LogP contribution in [0.15, 0.2) is 102 Å². The normalized spacial score (nSPS) is 13.3. The van der Waals surface area contributed by atoms with Crippen LogP contribution in [0.25, 0.3) is 10.8 Å². The summed E-state index contributed by atoms with van der Waals surface area (Å²) in [6.07, 6.45) is 0. The molecule has 1 aliphatic rings. The maximum absolute atomic E-state index is 11.5. The minimum Gasteiger partial charge on any atom is -0.259 e. The first-order valence-corrected chi connectivity index (χ1v) is 9.44. The molecule has 4 aromatic carbocycles. The highest BCUT2D eigenvalue weighted by Gasteiger charge is 2.28. The minimum atomic E-state index is -0.357. The van der Waals surface area contributed by atoms with Crippen molar-refractivity contribution in [3.8, 4) is 0 Å². The van der Waals surface area contributed by atoms with Gasteiger partial charge in [0.2, 0.25) is 0 Å². The number of rotatable bonds is 4. The first-order chi connectivity index (χ1) is 14.7. The molecule has 0 fully saturated rings. The fourth-order valence-electron chi connectivity index (χ4n) is 3.54. The van der Waals surface area contributed by atoms with Gasteiger partial charge in [-0.15, -0.1) is 5.10 Å². The number of nitro benzene ring substituents is 1. The predicted molar refractivity (Wildman–Crippen MR) is 118 cm³/mol. The Balaban J connectivity index is 1.66. The zero-order chi connectivity index (χ0) is 20.5. The van der Waals surface area contributed by atoms with Crippen molar-refractivity contribution >= 4 is 33.7 Å². The Bertz CT molecular complexity index is 1260. The lowest BCUT2D eigenvalue weighted by Crippen LogP contribution is -2.44. The molecule has 0 aromatic heterocycles. The number of hydrogen-bond donors (Lipinski definition) is 1. The largest absolute Gasteiger partial charge is 0.277 e. The summed E-state index contributed by atoms with van der Waals surface area (Å²) in [6.45, 7) is 0. The van der Waals surface area contributed by atoms with Crippen LogP contribution in [0.4, 0.5) is 17.1 Å². The van der Waals surface area contributed by atoms with Crippen molar-refractivity contribution < 1.29 is 4.92 Å². The van der Waals surface area contributed by atoms with Gasteiger partial charge in [0.15, 0.2) is 5.84 Å². The summed E-state index contributed by atoms with van der Waals surface area (Å²) >= 11 is 0. The third-order valence-corrected chi connectivity index (χ3v) is 4.93. The zero-order valence-corrected chi connectivity index (χ0v) is 15.8. The number of anilines is 2. The number of para-hydroxylation sites is 1. The van der Waals surface area contributed by atoms with Crippen LogP contribution in [-0.4, -0.2) is 10.8 Å². The molecule has 7 heteroatoms. The molecule has 0 saturated carbocycles. The van der Waals surface area contributed by atoms with Crippen LogP contribution < -0.4 is 15.7 Å². The predicted octanol–water partition coefficient (Wildman–Crippen LogP) is 4.86. The van der Waals surface area contributed by atoms with Gasteiger partial charge in [-0.05, 0) is 24.3 Å². The number of fused-ring (bicyclic) bond motifs is 1. The SMILES string of the molecule is O=[N+]([O-])c1ccc(N2NC(c3ccccc3)=NN2c2ccccc2)c2ccccc12. The highest BCUT2D eigenvalue weighted by molar-refractivity contribution is 6.05. The molecule has 0 unspecified atom stereocenters. The first kappa shape index (κ1) is 17.7. The van der Waals surface area contributed by atoms with Crippen molar-refractivity contribution in [2.24, 2.45) is 5.10 Å². The number of hydrazone groups is 1. The van der Waals surface area contributed by atoms with E-state index >= 15 is 0 Å². The van der Waals surface area contributed by atoms with Gasteiger partial charge in [0, 0.05) is 17.0 Å². The Morgan fingerprint density at radius 1 is 0.767 bits per heavy atom. The summed E-state index contributed by atoms with van der Waals surface area (Å²) in [5.74, 6) is 0.682. The molecule has 1 heterocycles. The van der Waals surface area contributed by atoms with Crippen molar-refractivity contribution in [2.45, 2.75) is 0 Å². The fraction of sp³-hybridized carbons (Fsp3) is 0. The van der Waals surface area contributed by atoms with E-state index in [4.69, 9.17) is 5.10 Å². The molecule has 30 heavy (non-hydrogen) atoms. The van der Waals surface area contributed by atoms with E-state index in [0.29, 0.717) is 11.2 Å². The smallest absolute Gasteiger partial charge is 0.259 e. The molecule has 0 atom stereocenters. The highest BCUT2D eigenvalue weighted by atomic mass is 16.6. The molecule has 7 nitrogen and oxygen atoms in total. The van der Waals surface area contributed by atoms with E-state index in [1.165, 1.54) is 6.07 Å². The van der Waals surface area contributed by atoms with Crippen molar-refractivity contribution in [3.05, 3.63) is 113 Å². The summed E-state index contributed by atoms with van der Waals surface area (Å²) in [7, 11) is 0. The maximum atomic E-state index is 11.5. The number of nitrogens with zero attached hydrogens (tertiary/aromatic N) is 4. The van der Waals surface area contributed by atoms with E-state index in [1.807, 2.05) is 77.9 Å². The lowest BCUT2D eigenvalue weighted by molar-refractivity contribution is -0.383. The van der Waals surface area contributed by atoms with Crippen molar-refractivity contribution in [1.82, 2.24) is 5.43 Å². The van der Waals surface area contributed by atoms with E-state index in [2.05, 4.69) is 5.43 Å². The Morgan fingerprint density at radius 3 is 2.10 bits per heavy atom. The first-order valence-electron chi connectivity index (χ1n) is 9.44. The van der Waals surface area contributed by atoms with E-state index < -0.39 is 0 Å². The zero-order valence-electron chi connectivity index (χ0n) is 15.8. The Morgan fingerprint density at radius 2 is 1.40 bits per heavy atom. The number of hydrogen-bond acceptors (Lipinski definition) is 6. The molecule has 5 rings (SSSR count). The van der Waals surface area contributed by atoms with Gasteiger partial charge >= 0.3 is 0 Å². The second kappa shape index (κ2) is 7.21. The van der Waals surface area contributed by atoms with Crippen LogP contribution in [0, 0.1) is 10.1 Å². The van der Waals surface area contributed by atoms with Gasteiger partial charge in [-0.3, -0.25) is 15.5 Å². The third-order valence-electron chi connectivity index (χ3n) is 4.93. The van der Waals surface area contributed by atoms with E-state index in [9.17, 15) is 10.1 Å². The van der Waals surface area contributed by atoms with Crippen molar-refractivity contribution in [3.63, 3.8) is 0 Å². The molecular weight excluding hydrogens is 378 g/mol. The second-order valence-electron chi connectivity index (χ2n) is 6.77. The lowest BCUT2D eigenvalue weighted by atomic mass is 10.1. The van der Waals surface area contributed by atoms with E-state index in [-0.39, 0.29) is 10.6 Å². The quantitative estimate of drug-likeness (QED) is 0.395. The summed E-state index contributed by atoms with van der Waals surface area (Å²) < 4.78 is 0. The summed E-state index contributed by atoms with van der Waals surface area (Å²) in [6, 6.07) is 30.2. The molecule has 0 aliphatic carbocycles. The molecule has 0 spiro atoms. The number of hydrazine groups is 2. The number of non-ortho nitro benzene ring substituents is 1. The summed E-state index contributed by atoms with van der Waals surface area (Å²) in [5, 5.41) is 21.2. The molecule has 1 aliphatic heterocycles. The molecule has 4 aromatic rings. The molecule has 0 amide bonds. The Labute approximate surface area is 172 Å². The third kappa shape index (κ3) is 2.98. The van der Waals surface area contributed by atoms with E-state index in [1.54, 1.807) is 23.3 Å².